The molecule has 0 spiro atoms. The molecule has 0 unspecified atom stereocenters. The number of nitrogens with zero attached hydrogens (tertiary/aromatic N) is 5. The Bertz CT molecular complexity index is 674. The van der Waals surface area contributed by atoms with Crippen LogP contribution in [0.4, 0.5) is 0 Å². The summed E-state index contributed by atoms with van der Waals surface area (Å²) in [5.41, 5.74) is 0.511. The molecule has 0 fully saturated rings. The number of aromatic amines is 1. The van der Waals surface area contributed by atoms with E-state index < -0.39 is 0 Å². The molecule has 0 radical (unpaired) electrons. The summed E-state index contributed by atoms with van der Waals surface area (Å²) in [6.45, 7) is 1.44. The maximum Gasteiger partial charge on any atom is 0.343 e. The molecule has 1 aliphatic rings. The van der Waals surface area contributed by atoms with Crippen LogP contribution in [0.1, 0.15) is 24.4 Å². The number of H-pyrrole nitrogens is 1. The fourth-order valence-electron chi connectivity index (χ4n) is 2.53. The van der Waals surface area contributed by atoms with Crippen molar-refractivity contribution in [3.05, 3.63) is 34.5 Å². The molecular weight excluding hydrogens is 272 g/mol. The standard InChI is InChI=1S/C13H18N6O2/c1-17(12(20)8-19-9-14-16-13(19)21)6-10-7-18-5-3-2-4-11(18)15-10/h7,9H,2-6,8H2,1H3,(H,16,21). The van der Waals surface area contributed by atoms with Gasteiger partial charge in [0.05, 0.1) is 12.2 Å². The zero-order valence-corrected chi connectivity index (χ0v) is 11.9. The molecule has 2 aromatic rings. The van der Waals surface area contributed by atoms with Crippen molar-refractivity contribution in [1.82, 2.24) is 29.2 Å². The predicted octanol–water partition coefficient (Wildman–Crippen LogP) is -0.237. The minimum absolute atomic E-state index is 0.0145. The van der Waals surface area contributed by atoms with Gasteiger partial charge in [0.1, 0.15) is 18.7 Å². The van der Waals surface area contributed by atoms with Gasteiger partial charge in [0.15, 0.2) is 0 Å². The molecule has 0 aliphatic carbocycles. The summed E-state index contributed by atoms with van der Waals surface area (Å²) in [7, 11) is 1.71. The van der Waals surface area contributed by atoms with E-state index in [4.69, 9.17) is 0 Å². The second-order valence-corrected chi connectivity index (χ2v) is 5.34. The third-order valence-corrected chi connectivity index (χ3v) is 3.71. The van der Waals surface area contributed by atoms with Crippen LogP contribution in [-0.4, -0.2) is 42.2 Å². The quantitative estimate of drug-likeness (QED) is 0.842. The highest BCUT2D eigenvalue weighted by atomic mass is 16.2. The molecule has 112 valence electrons. The number of amides is 1. The Morgan fingerprint density at radius 3 is 3.05 bits per heavy atom. The molecule has 0 saturated heterocycles. The number of hydrogen-bond acceptors (Lipinski definition) is 4. The van der Waals surface area contributed by atoms with Crippen LogP contribution < -0.4 is 5.69 Å². The summed E-state index contributed by atoms with van der Waals surface area (Å²) in [4.78, 5) is 29.6. The number of nitrogens with one attached hydrogen (secondary N) is 1. The van der Waals surface area contributed by atoms with E-state index in [0.29, 0.717) is 6.54 Å². The fourth-order valence-corrected chi connectivity index (χ4v) is 2.53. The molecule has 8 heteroatoms. The lowest BCUT2D eigenvalue weighted by Gasteiger charge is -2.15. The number of aryl methyl sites for hydroxylation is 2. The Hall–Kier alpha value is -2.38. The van der Waals surface area contributed by atoms with E-state index in [1.807, 2.05) is 6.20 Å². The zero-order chi connectivity index (χ0) is 14.8. The Balaban J connectivity index is 1.64. The van der Waals surface area contributed by atoms with Gasteiger partial charge in [0, 0.05) is 26.2 Å². The third kappa shape index (κ3) is 2.88. The van der Waals surface area contributed by atoms with E-state index in [1.54, 1.807) is 11.9 Å². The molecule has 0 aromatic carbocycles. The lowest BCUT2D eigenvalue weighted by atomic mass is 10.2. The Morgan fingerprint density at radius 1 is 1.48 bits per heavy atom. The topological polar surface area (TPSA) is 88.8 Å². The van der Waals surface area contributed by atoms with Crippen molar-refractivity contribution in [2.45, 2.75) is 38.9 Å². The Labute approximate surface area is 121 Å². The maximum absolute atomic E-state index is 12.1. The van der Waals surface area contributed by atoms with Crippen molar-refractivity contribution in [1.29, 1.82) is 0 Å². The highest BCUT2D eigenvalue weighted by Crippen LogP contribution is 2.15. The minimum atomic E-state index is -0.380. The van der Waals surface area contributed by atoms with Crippen LogP contribution in [0.3, 0.4) is 0 Å². The van der Waals surface area contributed by atoms with E-state index in [0.717, 1.165) is 24.5 Å². The largest absolute Gasteiger partial charge is 0.343 e. The average molecular weight is 290 g/mol. The molecule has 2 aromatic heterocycles. The summed E-state index contributed by atoms with van der Waals surface area (Å²) < 4.78 is 3.41. The summed E-state index contributed by atoms with van der Waals surface area (Å²) in [5, 5.41) is 5.87. The first-order chi connectivity index (χ1) is 10.1. The zero-order valence-electron chi connectivity index (χ0n) is 11.9. The van der Waals surface area contributed by atoms with E-state index in [9.17, 15) is 9.59 Å². The highest BCUT2D eigenvalue weighted by molar-refractivity contribution is 5.75. The summed E-state index contributed by atoms with van der Waals surface area (Å²) in [5.74, 6) is 0.952. The van der Waals surface area contributed by atoms with Gasteiger partial charge in [-0.15, -0.1) is 0 Å². The van der Waals surface area contributed by atoms with Crippen molar-refractivity contribution >= 4 is 5.91 Å². The van der Waals surface area contributed by atoms with Crippen molar-refractivity contribution in [3.63, 3.8) is 0 Å². The lowest BCUT2D eigenvalue weighted by Crippen LogP contribution is -2.32. The number of aromatic nitrogens is 5. The normalized spacial score (nSPS) is 14.0. The van der Waals surface area contributed by atoms with Crippen LogP contribution in [0.25, 0.3) is 0 Å². The molecule has 3 rings (SSSR count). The van der Waals surface area contributed by atoms with Gasteiger partial charge < -0.3 is 9.47 Å². The van der Waals surface area contributed by atoms with Gasteiger partial charge in [-0.25, -0.2) is 14.9 Å². The van der Waals surface area contributed by atoms with Crippen LogP contribution in [0.15, 0.2) is 17.3 Å². The summed E-state index contributed by atoms with van der Waals surface area (Å²) in [6.07, 6.45) is 6.70. The maximum atomic E-state index is 12.1. The molecule has 0 saturated carbocycles. The van der Waals surface area contributed by atoms with Crippen molar-refractivity contribution in [2.24, 2.45) is 0 Å². The van der Waals surface area contributed by atoms with Crippen molar-refractivity contribution in [3.8, 4) is 0 Å². The number of hydrogen-bond donors (Lipinski definition) is 1. The molecule has 1 aliphatic heterocycles. The first-order valence-corrected chi connectivity index (χ1v) is 7.02. The monoisotopic (exact) mass is 290 g/mol. The Kier molecular flexibility index (Phi) is 3.59. The van der Waals surface area contributed by atoms with Crippen molar-refractivity contribution in [2.75, 3.05) is 7.05 Å². The number of fused-ring (bicyclic) bond motifs is 1. The number of carbonyl (C=O) groups is 1. The van der Waals surface area contributed by atoms with Gasteiger partial charge in [-0.1, -0.05) is 0 Å². The molecule has 1 N–H and O–H groups in total. The molecule has 21 heavy (non-hydrogen) atoms. The van der Waals surface area contributed by atoms with Crippen LogP contribution in [0.2, 0.25) is 0 Å². The van der Waals surface area contributed by atoms with Crippen molar-refractivity contribution < 1.29 is 4.79 Å². The number of likely N-dealkylation sites (N-methyl/N-ethyl adjacent to an activating group) is 1. The lowest BCUT2D eigenvalue weighted by molar-refractivity contribution is -0.131. The number of imidazole rings is 1. The van der Waals surface area contributed by atoms with Gasteiger partial charge in [0.2, 0.25) is 5.91 Å². The summed E-state index contributed by atoms with van der Waals surface area (Å²) in [6, 6.07) is 0. The second kappa shape index (κ2) is 5.55. The average Bonchev–Trinajstić information content (AvgIpc) is 3.04. The van der Waals surface area contributed by atoms with Gasteiger partial charge in [-0.05, 0) is 12.8 Å². The first kappa shape index (κ1) is 13.6. The first-order valence-electron chi connectivity index (χ1n) is 7.02. The Morgan fingerprint density at radius 2 is 2.33 bits per heavy atom. The molecule has 3 heterocycles. The predicted molar refractivity (Wildman–Crippen MR) is 74.5 cm³/mol. The SMILES string of the molecule is CN(Cc1cn2c(n1)CCCC2)C(=O)Cn1cn[nH]c1=O. The van der Waals surface area contributed by atoms with Gasteiger partial charge in [-0.2, -0.15) is 5.10 Å². The van der Waals surface area contributed by atoms with Crippen LogP contribution >= 0.6 is 0 Å². The molecule has 0 bridgehead atoms. The minimum Gasteiger partial charge on any atom is -0.338 e. The fraction of sp³-hybridized carbons (Fsp3) is 0.538. The molecular formula is C13H18N6O2. The second-order valence-electron chi connectivity index (χ2n) is 5.34. The highest BCUT2D eigenvalue weighted by Gasteiger charge is 2.16. The van der Waals surface area contributed by atoms with Crippen LogP contribution in [0, 0.1) is 0 Å². The molecule has 1 amide bonds. The van der Waals surface area contributed by atoms with Crippen LogP contribution in [0.5, 0.6) is 0 Å². The van der Waals surface area contributed by atoms with E-state index >= 15 is 0 Å². The van der Waals surface area contributed by atoms with Gasteiger partial charge >= 0.3 is 5.69 Å². The molecule has 0 atom stereocenters. The number of rotatable bonds is 4. The third-order valence-electron chi connectivity index (χ3n) is 3.71. The molecule has 8 nitrogen and oxygen atoms in total. The number of carbonyl (C=O) groups excluding carboxylic acids is 1. The smallest absolute Gasteiger partial charge is 0.338 e. The van der Waals surface area contributed by atoms with Gasteiger partial charge in [-0.3, -0.25) is 9.36 Å². The van der Waals surface area contributed by atoms with E-state index in [-0.39, 0.29) is 18.1 Å². The summed E-state index contributed by atoms with van der Waals surface area (Å²) >= 11 is 0. The van der Waals surface area contributed by atoms with E-state index in [2.05, 4.69) is 19.7 Å². The van der Waals surface area contributed by atoms with E-state index in [1.165, 1.54) is 23.7 Å². The van der Waals surface area contributed by atoms with Gasteiger partial charge in [0.25, 0.3) is 0 Å². The van der Waals surface area contributed by atoms with Crippen LogP contribution in [-0.2, 0) is 30.8 Å².